The third-order valence-corrected chi connectivity index (χ3v) is 6.50. The second kappa shape index (κ2) is 9.71. The average Bonchev–Trinajstić information content (AvgIpc) is 3.33. The Morgan fingerprint density at radius 3 is 2.62 bits per heavy atom. The van der Waals surface area contributed by atoms with Gasteiger partial charge in [-0.3, -0.25) is 9.69 Å². The smallest absolute Gasteiger partial charge is 0.266 e. The van der Waals surface area contributed by atoms with Crippen LogP contribution in [0.1, 0.15) is 31.4 Å². The van der Waals surface area contributed by atoms with Gasteiger partial charge in [-0.2, -0.15) is 5.10 Å². The third-order valence-electron chi connectivity index (χ3n) is 5.12. The zero-order chi connectivity index (χ0) is 22.7. The van der Waals surface area contributed by atoms with E-state index in [4.69, 9.17) is 22.1 Å². The van der Waals surface area contributed by atoms with Gasteiger partial charge in [0.15, 0.2) is 0 Å². The first-order valence-corrected chi connectivity index (χ1v) is 11.9. The minimum absolute atomic E-state index is 0.0388. The summed E-state index contributed by atoms with van der Waals surface area (Å²) in [7, 11) is 0. The summed E-state index contributed by atoms with van der Waals surface area (Å²) < 4.78 is 8.15. The van der Waals surface area contributed by atoms with Gasteiger partial charge in [-0.15, -0.1) is 0 Å². The average molecular weight is 464 g/mol. The van der Waals surface area contributed by atoms with Crippen LogP contribution in [0.25, 0.3) is 23.0 Å². The van der Waals surface area contributed by atoms with Crippen molar-refractivity contribution in [2.24, 2.45) is 0 Å². The van der Waals surface area contributed by atoms with E-state index >= 15 is 0 Å². The molecule has 0 radical (unpaired) electrons. The summed E-state index contributed by atoms with van der Waals surface area (Å²) in [6.07, 6.45) is 4.73. The monoisotopic (exact) mass is 463 g/mol. The predicted octanol–water partition coefficient (Wildman–Crippen LogP) is 5.86. The third kappa shape index (κ3) is 4.49. The van der Waals surface area contributed by atoms with E-state index in [1.807, 2.05) is 80.2 Å². The molecule has 7 heteroatoms. The van der Waals surface area contributed by atoms with Gasteiger partial charge < -0.3 is 4.74 Å². The molecule has 164 valence electrons. The van der Waals surface area contributed by atoms with Crippen molar-refractivity contribution < 1.29 is 9.53 Å². The largest absolute Gasteiger partial charge is 0.494 e. The lowest BCUT2D eigenvalue weighted by Crippen LogP contribution is -2.28. The lowest BCUT2D eigenvalue weighted by Gasteiger charge is -2.11. The second-order valence-electron chi connectivity index (χ2n) is 7.46. The maximum Gasteiger partial charge on any atom is 0.266 e. The van der Waals surface area contributed by atoms with Crippen LogP contribution < -0.4 is 4.74 Å². The number of thioether (sulfide) groups is 1. The molecule has 0 saturated carbocycles. The first kappa shape index (κ1) is 22.3. The van der Waals surface area contributed by atoms with Gasteiger partial charge in [0.2, 0.25) is 0 Å². The van der Waals surface area contributed by atoms with Gasteiger partial charge in [0.1, 0.15) is 15.8 Å². The minimum Gasteiger partial charge on any atom is -0.494 e. The lowest BCUT2D eigenvalue weighted by molar-refractivity contribution is -0.122. The van der Waals surface area contributed by atoms with Gasteiger partial charge in [0.25, 0.3) is 5.91 Å². The SMILES string of the molecule is CCCN1C(=O)C(=Cc2cn(-c3ccccc3)nc2-c2ccc(OCC)c(C)c2)SC1=S. The topological polar surface area (TPSA) is 47.4 Å². The summed E-state index contributed by atoms with van der Waals surface area (Å²) in [5, 5.41) is 4.87. The van der Waals surface area contributed by atoms with Crippen LogP contribution in [0.15, 0.2) is 59.6 Å². The molecule has 1 fully saturated rings. The molecule has 2 heterocycles. The van der Waals surface area contributed by atoms with E-state index in [-0.39, 0.29) is 5.91 Å². The van der Waals surface area contributed by atoms with Crippen LogP contribution in [0.4, 0.5) is 0 Å². The number of amides is 1. The van der Waals surface area contributed by atoms with Crippen molar-refractivity contribution in [2.45, 2.75) is 27.2 Å². The molecule has 1 aliphatic heterocycles. The number of ether oxygens (including phenoxy) is 1. The number of para-hydroxylation sites is 1. The Kier molecular flexibility index (Phi) is 6.77. The molecule has 1 saturated heterocycles. The van der Waals surface area contributed by atoms with Crippen LogP contribution in [0.5, 0.6) is 5.75 Å². The van der Waals surface area contributed by atoms with E-state index in [0.717, 1.165) is 40.2 Å². The Morgan fingerprint density at radius 1 is 1.16 bits per heavy atom. The summed E-state index contributed by atoms with van der Waals surface area (Å²) >= 11 is 6.78. The van der Waals surface area contributed by atoms with Crippen molar-refractivity contribution in [3.05, 3.63) is 70.8 Å². The van der Waals surface area contributed by atoms with Gasteiger partial charge in [-0.05, 0) is 62.2 Å². The van der Waals surface area contributed by atoms with Gasteiger partial charge in [-0.25, -0.2) is 4.68 Å². The zero-order valence-corrected chi connectivity index (χ0v) is 20.0. The fourth-order valence-electron chi connectivity index (χ4n) is 3.60. The highest BCUT2D eigenvalue weighted by Gasteiger charge is 2.31. The van der Waals surface area contributed by atoms with E-state index in [1.165, 1.54) is 11.8 Å². The quantitative estimate of drug-likeness (QED) is 0.325. The zero-order valence-electron chi connectivity index (χ0n) is 18.4. The molecule has 4 rings (SSSR count). The van der Waals surface area contributed by atoms with E-state index in [1.54, 1.807) is 4.90 Å². The number of hydrogen-bond donors (Lipinski definition) is 0. The summed E-state index contributed by atoms with van der Waals surface area (Å²) in [4.78, 5) is 15.2. The van der Waals surface area contributed by atoms with Crippen LogP contribution in [0.3, 0.4) is 0 Å². The highest BCUT2D eigenvalue weighted by molar-refractivity contribution is 8.26. The van der Waals surface area contributed by atoms with E-state index in [2.05, 4.69) is 6.07 Å². The molecule has 0 spiro atoms. The standard InChI is InChI=1S/C25H25N3O2S2/c1-4-13-27-24(29)22(32-25(27)31)15-19-16-28(20-9-7-6-8-10-20)26-23(19)18-11-12-21(30-5-2)17(3)14-18/h6-12,14-16H,4-5,13H2,1-3H3. The van der Waals surface area contributed by atoms with Crippen molar-refractivity contribution in [2.75, 3.05) is 13.2 Å². The van der Waals surface area contributed by atoms with Crippen molar-refractivity contribution >= 4 is 40.3 Å². The molecule has 1 amide bonds. The van der Waals surface area contributed by atoms with Crippen LogP contribution in [-0.4, -0.2) is 38.1 Å². The first-order chi connectivity index (χ1) is 15.5. The Hall–Kier alpha value is -2.90. The molecule has 32 heavy (non-hydrogen) atoms. The second-order valence-corrected chi connectivity index (χ2v) is 9.14. The molecule has 0 bridgehead atoms. The Bertz CT molecular complexity index is 1190. The Balaban J connectivity index is 1.80. The number of benzene rings is 2. The summed E-state index contributed by atoms with van der Waals surface area (Å²) in [6.45, 7) is 7.29. The number of hydrogen-bond acceptors (Lipinski definition) is 5. The maximum atomic E-state index is 12.9. The number of carbonyl (C=O) groups excluding carboxylic acids is 1. The van der Waals surface area contributed by atoms with Crippen LogP contribution >= 0.6 is 24.0 Å². The van der Waals surface area contributed by atoms with Crippen LogP contribution in [0, 0.1) is 6.92 Å². The van der Waals surface area contributed by atoms with Crippen LogP contribution in [-0.2, 0) is 4.79 Å². The minimum atomic E-state index is -0.0388. The molecular formula is C25H25N3O2S2. The molecule has 0 N–H and O–H groups in total. The highest BCUT2D eigenvalue weighted by atomic mass is 32.2. The normalized spacial score (nSPS) is 15.1. The van der Waals surface area contributed by atoms with E-state index < -0.39 is 0 Å². The number of aromatic nitrogens is 2. The number of nitrogens with zero attached hydrogens (tertiary/aromatic N) is 3. The van der Waals surface area contributed by atoms with E-state index in [9.17, 15) is 4.79 Å². The lowest BCUT2D eigenvalue weighted by atomic mass is 10.0. The Labute approximate surface area is 198 Å². The molecule has 0 unspecified atom stereocenters. The molecule has 1 aromatic heterocycles. The predicted molar refractivity (Wildman–Crippen MR) is 135 cm³/mol. The molecule has 2 aromatic carbocycles. The number of aryl methyl sites for hydroxylation is 1. The fourth-order valence-corrected chi connectivity index (χ4v) is 4.90. The van der Waals surface area contributed by atoms with Gasteiger partial charge >= 0.3 is 0 Å². The number of thiocarbonyl (C=S) groups is 1. The fraction of sp³-hybridized carbons (Fsp3) is 0.240. The number of rotatable bonds is 7. The van der Waals surface area contributed by atoms with Crippen molar-refractivity contribution in [3.63, 3.8) is 0 Å². The summed E-state index contributed by atoms with van der Waals surface area (Å²) in [6, 6.07) is 16.0. The van der Waals surface area contributed by atoms with Crippen molar-refractivity contribution in [1.29, 1.82) is 0 Å². The number of carbonyl (C=O) groups is 1. The maximum absolute atomic E-state index is 12.9. The summed E-state index contributed by atoms with van der Waals surface area (Å²) in [5.74, 6) is 0.823. The van der Waals surface area contributed by atoms with Crippen molar-refractivity contribution in [3.8, 4) is 22.7 Å². The molecule has 0 aliphatic carbocycles. The summed E-state index contributed by atoms with van der Waals surface area (Å²) in [5.41, 5.74) is 4.64. The van der Waals surface area contributed by atoms with E-state index in [0.29, 0.717) is 22.4 Å². The molecule has 3 aromatic rings. The molecule has 5 nitrogen and oxygen atoms in total. The first-order valence-electron chi connectivity index (χ1n) is 10.7. The molecule has 1 aliphatic rings. The van der Waals surface area contributed by atoms with Crippen LogP contribution in [0.2, 0.25) is 0 Å². The van der Waals surface area contributed by atoms with Gasteiger partial charge in [-0.1, -0.05) is 49.1 Å². The van der Waals surface area contributed by atoms with Gasteiger partial charge in [0.05, 0.1) is 17.2 Å². The van der Waals surface area contributed by atoms with Gasteiger partial charge in [0, 0.05) is 23.9 Å². The molecule has 0 atom stereocenters. The van der Waals surface area contributed by atoms with Crippen molar-refractivity contribution in [1.82, 2.24) is 14.7 Å². The highest BCUT2D eigenvalue weighted by Crippen LogP contribution is 2.35. The molecular weight excluding hydrogens is 438 g/mol. The Morgan fingerprint density at radius 2 is 1.94 bits per heavy atom.